The highest BCUT2D eigenvalue weighted by atomic mass is 32.1. The predicted octanol–water partition coefficient (Wildman–Crippen LogP) is 2.22. The van der Waals surface area contributed by atoms with Crippen molar-refractivity contribution in [3.05, 3.63) is 46.7 Å². The van der Waals surface area contributed by atoms with Crippen molar-refractivity contribution in [1.82, 2.24) is 15.1 Å². The van der Waals surface area contributed by atoms with Gasteiger partial charge in [0.25, 0.3) is 5.91 Å². The lowest BCUT2D eigenvalue weighted by Gasteiger charge is -2.37. The molecule has 9 heteroatoms. The van der Waals surface area contributed by atoms with E-state index in [-0.39, 0.29) is 23.8 Å². The van der Waals surface area contributed by atoms with Crippen LogP contribution in [0, 0.1) is 0 Å². The molecule has 32 heavy (non-hydrogen) atoms. The summed E-state index contributed by atoms with van der Waals surface area (Å²) in [4.78, 5) is 41.7. The van der Waals surface area contributed by atoms with Crippen LogP contribution in [0.25, 0.3) is 0 Å². The number of rotatable bonds is 8. The first-order valence-electron chi connectivity index (χ1n) is 11.0. The maximum Gasteiger partial charge on any atom is 0.265 e. The Kier molecular flexibility index (Phi) is 7.19. The smallest absolute Gasteiger partial charge is 0.265 e. The number of anilines is 2. The molecule has 1 saturated heterocycles. The molecule has 3 N–H and O–H groups in total. The Morgan fingerprint density at radius 2 is 1.66 bits per heavy atom. The summed E-state index contributed by atoms with van der Waals surface area (Å²) in [7, 11) is 0. The second-order valence-electron chi connectivity index (χ2n) is 8.33. The highest BCUT2D eigenvalue weighted by Crippen LogP contribution is 2.19. The van der Waals surface area contributed by atoms with Gasteiger partial charge in [-0.2, -0.15) is 0 Å². The number of hydrogen-bond donors (Lipinski definition) is 3. The lowest BCUT2D eigenvalue weighted by molar-refractivity contribution is -0.127. The quantitative estimate of drug-likeness (QED) is 0.568. The SMILES string of the molecule is CC(C(=O)NC1CC1)N1CCN(CC(=O)Nc2ccc(NC(=O)c3cccs3)cc2)CC1. The van der Waals surface area contributed by atoms with Crippen molar-refractivity contribution < 1.29 is 14.4 Å². The van der Waals surface area contributed by atoms with Gasteiger partial charge in [-0.3, -0.25) is 24.2 Å². The summed E-state index contributed by atoms with van der Waals surface area (Å²) in [5.41, 5.74) is 1.37. The average Bonchev–Trinajstić information content (AvgIpc) is 3.42. The largest absolute Gasteiger partial charge is 0.352 e. The van der Waals surface area contributed by atoms with Gasteiger partial charge in [-0.1, -0.05) is 6.07 Å². The zero-order valence-electron chi connectivity index (χ0n) is 18.2. The fourth-order valence-electron chi connectivity index (χ4n) is 3.66. The maximum atomic E-state index is 12.5. The van der Waals surface area contributed by atoms with Crippen LogP contribution in [0.2, 0.25) is 0 Å². The van der Waals surface area contributed by atoms with Gasteiger partial charge in [0.1, 0.15) is 0 Å². The van der Waals surface area contributed by atoms with Crippen LogP contribution in [-0.2, 0) is 9.59 Å². The van der Waals surface area contributed by atoms with E-state index in [1.165, 1.54) is 11.3 Å². The Labute approximate surface area is 192 Å². The van der Waals surface area contributed by atoms with Crippen molar-refractivity contribution in [2.24, 2.45) is 0 Å². The molecule has 3 amide bonds. The van der Waals surface area contributed by atoms with E-state index in [0.29, 0.717) is 28.8 Å². The van der Waals surface area contributed by atoms with Crippen LogP contribution in [0.5, 0.6) is 0 Å². The Hall–Kier alpha value is -2.75. The van der Waals surface area contributed by atoms with Gasteiger partial charge < -0.3 is 16.0 Å². The molecule has 1 aliphatic heterocycles. The summed E-state index contributed by atoms with van der Waals surface area (Å²) < 4.78 is 0. The molecule has 1 saturated carbocycles. The normalized spacial score (nSPS) is 18.0. The van der Waals surface area contributed by atoms with Crippen LogP contribution in [-0.4, -0.2) is 72.3 Å². The highest BCUT2D eigenvalue weighted by molar-refractivity contribution is 7.12. The molecule has 2 fully saturated rings. The number of carbonyl (C=O) groups is 3. The Morgan fingerprint density at radius 1 is 1.00 bits per heavy atom. The molecule has 1 aromatic heterocycles. The Bertz CT molecular complexity index is 935. The molecular formula is C23H29N5O3S. The minimum absolute atomic E-state index is 0.0756. The van der Waals surface area contributed by atoms with Gasteiger partial charge in [-0.05, 0) is 55.5 Å². The van der Waals surface area contributed by atoms with Crippen LogP contribution in [0.1, 0.15) is 29.4 Å². The van der Waals surface area contributed by atoms with Gasteiger partial charge in [-0.25, -0.2) is 0 Å². The molecule has 1 atom stereocenters. The molecule has 170 valence electrons. The van der Waals surface area contributed by atoms with Crippen molar-refractivity contribution in [3.63, 3.8) is 0 Å². The minimum atomic E-state index is -0.143. The number of nitrogens with one attached hydrogen (secondary N) is 3. The van der Waals surface area contributed by atoms with Crippen LogP contribution in [0.4, 0.5) is 11.4 Å². The second-order valence-corrected chi connectivity index (χ2v) is 9.28. The lowest BCUT2D eigenvalue weighted by atomic mass is 10.2. The molecular weight excluding hydrogens is 426 g/mol. The third-order valence-electron chi connectivity index (χ3n) is 5.80. The molecule has 0 radical (unpaired) electrons. The van der Waals surface area contributed by atoms with Crippen molar-refractivity contribution in [1.29, 1.82) is 0 Å². The van der Waals surface area contributed by atoms with Crippen molar-refractivity contribution in [2.75, 3.05) is 43.4 Å². The van der Waals surface area contributed by atoms with E-state index in [1.54, 1.807) is 30.3 Å². The highest BCUT2D eigenvalue weighted by Gasteiger charge is 2.30. The van der Waals surface area contributed by atoms with Crippen molar-refractivity contribution in [3.8, 4) is 0 Å². The Morgan fingerprint density at radius 3 is 2.25 bits per heavy atom. The van der Waals surface area contributed by atoms with E-state index >= 15 is 0 Å². The molecule has 1 aliphatic carbocycles. The number of benzene rings is 1. The topological polar surface area (TPSA) is 93.8 Å². The molecule has 2 aliphatic rings. The maximum absolute atomic E-state index is 12.5. The van der Waals surface area contributed by atoms with Crippen LogP contribution >= 0.6 is 11.3 Å². The lowest BCUT2D eigenvalue weighted by Crippen LogP contribution is -2.55. The molecule has 8 nitrogen and oxygen atoms in total. The monoisotopic (exact) mass is 455 g/mol. The van der Waals surface area contributed by atoms with Gasteiger partial charge in [-0.15, -0.1) is 11.3 Å². The van der Waals surface area contributed by atoms with Crippen LogP contribution in [0.15, 0.2) is 41.8 Å². The van der Waals surface area contributed by atoms with Crippen LogP contribution < -0.4 is 16.0 Å². The van der Waals surface area contributed by atoms with Gasteiger partial charge in [0.05, 0.1) is 17.5 Å². The molecule has 1 unspecified atom stereocenters. The van der Waals surface area contributed by atoms with Gasteiger partial charge >= 0.3 is 0 Å². The Balaban J connectivity index is 1.18. The van der Waals surface area contributed by atoms with Crippen molar-refractivity contribution >= 4 is 40.4 Å². The number of nitrogens with zero attached hydrogens (tertiary/aromatic N) is 2. The molecule has 2 aromatic rings. The predicted molar refractivity (Wildman–Crippen MR) is 126 cm³/mol. The number of thiophene rings is 1. The van der Waals surface area contributed by atoms with Gasteiger partial charge in [0.15, 0.2) is 0 Å². The van der Waals surface area contributed by atoms with E-state index in [1.807, 2.05) is 18.4 Å². The summed E-state index contributed by atoms with van der Waals surface area (Å²) >= 11 is 1.39. The fourth-order valence-corrected chi connectivity index (χ4v) is 4.28. The summed E-state index contributed by atoms with van der Waals surface area (Å²) in [6.45, 7) is 5.31. The third-order valence-corrected chi connectivity index (χ3v) is 6.67. The zero-order chi connectivity index (χ0) is 22.5. The number of carbonyl (C=O) groups excluding carboxylic acids is 3. The molecule has 4 rings (SSSR count). The van der Waals surface area contributed by atoms with Gasteiger partial charge in [0, 0.05) is 43.6 Å². The van der Waals surface area contributed by atoms with E-state index in [2.05, 4.69) is 25.8 Å². The van der Waals surface area contributed by atoms with Gasteiger partial charge in [0.2, 0.25) is 11.8 Å². The zero-order valence-corrected chi connectivity index (χ0v) is 19.0. The summed E-state index contributed by atoms with van der Waals surface area (Å²) in [6, 6.07) is 11.0. The minimum Gasteiger partial charge on any atom is -0.352 e. The average molecular weight is 456 g/mol. The number of hydrogen-bond acceptors (Lipinski definition) is 6. The fraction of sp³-hybridized carbons (Fsp3) is 0.435. The summed E-state index contributed by atoms with van der Waals surface area (Å²) in [5, 5.41) is 10.7. The number of amides is 3. The van der Waals surface area contributed by atoms with E-state index in [4.69, 9.17) is 0 Å². The molecule has 0 bridgehead atoms. The summed E-state index contributed by atoms with van der Waals surface area (Å²) in [5.74, 6) is -0.114. The van der Waals surface area contributed by atoms with E-state index < -0.39 is 0 Å². The van der Waals surface area contributed by atoms with E-state index in [0.717, 1.165) is 39.0 Å². The van der Waals surface area contributed by atoms with Crippen molar-refractivity contribution in [2.45, 2.75) is 31.8 Å². The summed E-state index contributed by atoms with van der Waals surface area (Å²) in [6.07, 6.45) is 2.18. The first-order valence-corrected chi connectivity index (χ1v) is 11.9. The van der Waals surface area contributed by atoms with E-state index in [9.17, 15) is 14.4 Å². The second kappa shape index (κ2) is 10.2. The molecule has 1 aromatic carbocycles. The molecule has 2 heterocycles. The third kappa shape index (κ3) is 6.15. The first-order chi connectivity index (χ1) is 15.5. The van der Waals surface area contributed by atoms with Crippen LogP contribution in [0.3, 0.4) is 0 Å². The molecule has 0 spiro atoms. The number of piperazine rings is 1. The first kappa shape index (κ1) is 22.4. The standard InChI is InChI=1S/C23H29N5O3S/c1-16(22(30)25-18-8-9-18)28-12-10-27(11-13-28)15-21(29)24-17-4-6-19(7-5-17)26-23(31)20-3-2-14-32-20/h2-7,14,16,18H,8-13,15H2,1H3,(H,24,29)(H,25,30)(H,26,31).